The van der Waals surface area contributed by atoms with Gasteiger partial charge in [0, 0.05) is 41.5 Å². The van der Waals surface area contributed by atoms with Crippen molar-refractivity contribution >= 4 is 17.4 Å². The monoisotopic (exact) mass is 396 g/mol. The number of pyridine rings is 1. The highest BCUT2D eigenvalue weighted by atomic mass is 35.5. The lowest BCUT2D eigenvalue weighted by molar-refractivity contribution is 0.225. The first-order chi connectivity index (χ1) is 13.6. The first kappa shape index (κ1) is 18.5. The molecule has 1 unspecified atom stereocenters. The van der Waals surface area contributed by atoms with Crippen LogP contribution in [0.4, 0.5) is 5.82 Å². The molecule has 0 bridgehead atoms. The topological polar surface area (TPSA) is 71.1 Å². The maximum Gasteiger partial charge on any atom is 0.251 e. The largest absolute Gasteiger partial charge is 0.488 e. The quantitative estimate of drug-likeness (QED) is 0.711. The molecule has 3 aromatic rings. The molecule has 2 aromatic heterocycles. The molecular weight excluding hydrogens is 376 g/mol. The second-order valence-corrected chi connectivity index (χ2v) is 7.21. The lowest BCUT2D eigenvalue weighted by atomic mass is 10.2. The van der Waals surface area contributed by atoms with E-state index in [0.29, 0.717) is 17.3 Å². The molecule has 28 heavy (non-hydrogen) atoms. The van der Waals surface area contributed by atoms with E-state index in [-0.39, 0.29) is 11.7 Å². The van der Waals surface area contributed by atoms with E-state index in [1.165, 1.54) is 6.07 Å². The number of aromatic nitrogens is 3. The summed E-state index contributed by atoms with van der Waals surface area (Å²) in [5, 5.41) is 0.670. The van der Waals surface area contributed by atoms with Gasteiger partial charge in [-0.1, -0.05) is 24.6 Å². The number of halogens is 1. The van der Waals surface area contributed by atoms with Crippen molar-refractivity contribution in [1.29, 1.82) is 0 Å². The average Bonchev–Trinajstić information content (AvgIpc) is 3.16. The van der Waals surface area contributed by atoms with E-state index in [0.717, 1.165) is 42.3 Å². The number of rotatable bonds is 5. The Balaban J connectivity index is 1.45. The minimum atomic E-state index is -0.147. The first-order valence-corrected chi connectivity index (χ1v) is 9.72. The standard InChI is InChI=1S/C21H21ClN4O2/c1-2-16-11-20(27)25-21(24-16)14-6-7-19(23-12-14)26-9-8-18(13-26)28-17-5-3-4-15(22)10-17/h3-7,10-12,18H,2,8-9,13H2,1H3,(H,24,25,27). The number of nitrogens with one attached hydrogen (secondary N) is 1. The summed E-state index contributed by atoms with van der Waals surface area (Å²) in [5.74, 6) is 2.22. The molecule has 0 aliphatic carbocycles. The minimum Gasteiger partial charge on any atom is -0.488 e. The maximum atomic E-state index is 11.8. The molecule has 1 saturated heterocycles. The van der Waals surface area contributed by atoms with Crippen LogP contribution in [0, 0.1) is 0 Å². The second kappa shape index (κ2) is 8.02. The summed E-state index contributed by atoms with van der Waals surface area (Å²) >= 11 is 6.02. The van der Waals surface area contributed by atoms with Crippen LogP contribution in [0.3, 0.4) is 0 Å². The zero-order chi connectivity index (χ0) is 19.5. The molecule has 0 amide bonds. The van der Waals surface area contributed by atoms with Crippen LogP contribution in [-0.2, 0) is 6.42 Å². The van der Waals surface area contributed by atoms with Gasteiger partial charge in [-0.15, -0.1) is 0 Å². The summed E-state index contributed by atoms with van der Waals surface area (Å²) in [6, 6.07) is 12.9. The van der Waals surface area contributed by atoms with Crippen molar-refractivity contribution in [2.24, 2.45) is 0 Å². The van der Waals surface area contributed by atoms with Crippen molar-refractivity contribution in [2.45, 2.75) is 25.9 Å². The summed E-state index contributed by atoms with van der Waals surface area (Å²) < 4.78 is 6.04. The summed E-state index contributed by atoms with van der Waals surface area (Å²) in [6.45, 7) is 3.61. The Morgan fingerprint density at radius 3 is 2.93 bits per heavy atom. The van der Waals surface area contributed by atoms with Crippen molar-refractivity contribution < 1.29 is 4.74 Å². The highest BCUT2D eigenvalue weighted by molar-refractivity contribution is 6.30. The summed E-state index contributed by atoms with van der Waals surface area (Å²) in [5.41, 5.74) is 1.41. The van der Waals surface area contributed by atoms with Gasteiger partial charge in [-0.2, -0.15) is 0 Å². The number of benzene rings is 1. The SMILES string of the molecule is CCc1cc(=O)[nH]c(-c2ccc(N3CCC(Oc4cccc(Cl)c4)C3)nc2)n1. The zero-order valence-corrected chi connectivity index (χ0v) is 16.3. The molecule has 0 saturated carbocycles. The smallest absolute Gasteiger partial charge is 0.251 e. The molecule has 1 aliphatic rings. The zero-order valence-electron chi connectivity index (χ0n) is 15.6. The highest BCUT2D eigenvalue weighted by Gasteiger charge is 2.25. The third-order valence-corrected chi connectivity index (χ3v) is 4.98. The molecule has 0 radical (unpaired) electrons. The first-order valence-electron chi connectivity index (χ1n) is 9.34. The highest BCUT2D eigenvalue weighted by Crippen LogP contribution is 2.25. The Kier molecular flexibility index (Phi) is 5.30. The molecule has 3 heterocycles. The van der Waals surface area contributed by atoms with Crippen LogP contribution in [0.5, 0.6) is 5.75 Å². The molecule has 1 atom stereocenters. The van der Waals surface area contributed by atoms with Gasteiger partial charge in [-0.3, -0.25) is 4.79 Å². The van der Waals surface area contributed by atoms with Crippen LogP contribution in [0.1, 0.15) is 19.0 Å². The van der Waals surface area contributed by atoms with Crippen LogP contribution < -0.4 is 15.2 Å². The van der Waals surface area contributed by atoms with E-state index in [1.807, 2.05) is 43.3 Å². The maximum absolute atomic E-state index is 11.8. The molecule has 1 aliphatic heterocycles. The van der Waals surface area contributed by atoms with Crippen molar-refractivity contribution in [3.63, 3.8) is 0 Å². The number of hydrogen-bond acceptors (Lipinski definition) is 5. The number of nitrogens with zero attached hydrogens (tertiary/aromatic N) is 3. The predicted molar refractivity (Wildman–Crippen MR) is 110 cm³/mol. The van der Waals surface area contributed by atoms with Crippen LogP contribution in [-0.4, -0.2) is 34.1 Å². The molecule has 1 aromatic carbocycles. The summed E-state index contributed by atoms with van der Waals surface area (Å²) in [4.78, 5) is 25.8. The van der Waals surface area contributed by atoms with E-state index < -0.39 is 0 Å². The number of ether oxygens (including phenoxy) is 1. The van der Waals surface area contributed by atoms with Crippen LogP contribution in [0.2, 0.25) is 5.02 Å². The van der Waals surface area contributed by atoms with E-state index in [9.17, 15) is 4.79 Å². The number of anilines is 1. The van der Waals surface area contributed by atoms with Crippen molar-refractivity contribution in [3.05, 3.63) is 69.7 Å². The number of hydrogen-bond donors (Lipinski definition) is 1. The molecule has 1 N–H and O–H groups in total. The number of aryl methyl sites for hydroxylation is 1. The van der Waals surface area contributed by atoms with Crippen LogP contribution >= 0.6 is 11.6 Å². The Morgan fingerprint density at radius 1 is 1.29 bits per heavy atom. The van der Waals surface area contributed by atoms with Crippen LogP contribution in [0.25, 0.3) is 11.4 Å². The lowest BCUT2D eigenvalue weighted by Gasteiger charge is -2.18. The Morgan fingerprint density at radius 2 is 2.18 bits per heavy atom. The third kappa shape index (κ3) is 4.17. The summed E-state index contributed by atoms with van der Waals surface area (Å²) in [6.07, 6.45) is 3.48. The minimum absolute atomic E-state index is 0.0965. The third-order valence-electron chi connectivity index (χ3n) is 4.75. The predicted octanol–water partition coefficient (Wildman–Crippen LogP) is 3.71. The van der Waals surface area contributed by atoms with Gasteiger partial charge < -0.3 is 14.6 Å². The second-order valence-electron chi connectivity index (χ2n) is 6.78. The van der Waals surface area contributed by atoms with Gasteiger partial charge in [-0.25, -0.2) is 9.97 Å². The van der Waals surface area contributed by atoms with Gasteiger partial charge in [0.25, 0.3) is 5.56 Å². The van der Waals surface area contributed by atoms with E-state index in [1.54, 1.807) is 6.20 Å². The molecule has 7 heteroatoms. The summed E-state index contributed by atoms with van der Waals surface area (Å²) in [7, 11) is 0. The Hall–Kier alpha value is -2.86. The molecule has 144 valence electrons. The lowest BCUT2D eigenvalue weighted by Crippen LogP contribution is -2.25. The van der Waals surface area contributed by atoms with Crippen molar-refractivity contribution in [3.8, 4) is 17.1 Å². The number of H-pyrrole nitrogens is 1. The van der Waals surface area contributed by atoms with E-state index >= 15 is 0 Å². The fraction of sp³-hybridized carbons (Fsp3) is 0.286. The average molecular weight is 397 g/mol. The van der Waals surface area contributed by atoms with E-state index in [4.69, 9.17) is 16.3 Å². The van der Waals surface area contributed by atoms with Crippen molar-refractivity contribution in [2.75, 3.05) is 18.0 Å². The molecular formula is C21H21ClN4O2. The van der Waals surface area contributed by atoms with Gasteiger partial charge >= 0.3 is 0 Å². The molecule has 4 rings (SSSR count). The van der Waals surface area contributed by atoms with Gasteiger partial charge in [0.2, 0.25) is 0 Å². The van der Waals surface area contributed by atoms with Gasteiger partial charge in [0.1, 0.15) is 23.5 Å². The Labute approximate surface area is 168 Å². The fourth-order valence-corrected chi connectivity index (χ4v) is 3.48. The van der Waals surface area contributed by atoms with Crippen molar-refractivity contribution in [1.82, 2.24) is 15.0 Å². The van der Waals surface area contributed by atoms with Gasteiger partial charge in [-0.05, 0) is 36.8 Å². The fourth-order valence-electron chi connectivity index (χ4n) is 3.30. The molecule has 0 spiro atoms. The van der Waals surface area contributed by atoms with Crippen LogP contribution in [0.15, 0.2) is 53.5 Å². The normalized spacial score (nSPS) is 16.4. The Bertz CT molecular complexity index is 1020. The molecule has 1 fully saturated rings. The number of aromatic amines is 1. The van der Waals surface area contributed by atoms with Gasteiger partial charge in [0.05, 0.1) is 6.54 Å². The van der Waals surface area contributed by atoms with E-state index in [2.05, 4.69) is 19.9 Å². The van der Waals surface area contributed by atoms with Gasteiger partial charge in [0.15, 0.2) is 0 Å². The molecule has 6 nitrogen and oxygen atoms in total.